The van der Waals surface area contributed by atoms with Crippen molar-refractivity contribution in [3.63, 3.8) is 0 Å². The fourth-order valence-corrected chi connectivity index (χ4v) is 7.40. The van der Waals surface area contributed by atoms with Gasteiger partial charge in [-0.1, -0.05) is 45.5 Å². The Morgan fingerprint density at radius 3 is 2.55 bits per heavy atom. The van der Waals surface area contributed by atoms with Gasteiger partial charge in [-0.15, -0.1) is 0 Å². The number of rotatable bonds is 10. The number of carbonyl (C=O) groups is 2. The molecule has 0 fully saturated rings. The largest absolute Gasteiger partial charge is 0.493 e. The van der Waals surface area contributed by atoms with Crippen LogP contribution in [0.15, 0.2) is 92.4 Å². The maximum atomic E-state index is 14.4. The van der Waals surface area contributed by atoms with Gasteiger partial charge in [0.1, 0.15) is 12.4 Å². The Hall–Kier alpha value is -5.01. The molecule has 1 atom stereocenters. The van der Waals surface area contributed by atoms with Crippen LogP contribution in [-0.2, 0) is 20.9 Å². The number of nitrogens with one attached hydrogen (secondary N) is 1. The van der Waals surface area contributed by atoms with E-state index >= 15 is 0 Å². The van der Waals surface area contributed by atoms with Gasteiger partial charge in [0.25, 0.3) is 5.56 Å². The molecule has 1 N–H and O–H groups in total. The first kappa shape index (κ1) is 33.9. The summed E-state index contributed by atoms with van der Waals surface area (Å²) < 4.78 is 34.5. The smallest absolute Gasteiger partial charge is 0.338 e. The molecule has 2 aromatic heterocycles. The number of methoxy groups -OCH3 is 1. The number of amides is 1. The van der Waals surface area contributed by atoms with Gasteiger partial charge in [0, 0.05) is 32.8 Å². The Kier molecular flexibility index (Phi) is 9.84. The molecule has 0 bridgehead atoms. The molecule has 0 radical (unpaired) electrons. The number of hydrogen-bond donors (Lipinski definition) is 1. The van der Waals surface area contributed by atoms with Crippen molar-refractivity contribution < 1.29 is 28.2 Å². The lowest BCUT2D eigenvalue weighted by atomic mass is 9.95. The molecular formula is C36H32BrFN4O6S. The zero-order chi connectivity index (χ0) is 34.8. The molecule has 1 amide bonds. The summed E-state index contributed by atoms with van der Waals surface area (Å²) in [5.41, 5.74) is 2.89. The van der Waals surface area contributed by atoms with Crippen molar-refractivity contribution in [2.24, 2.45) is 4.99 Å². The summed E-state index contributed by atoms with van der Waals surface area (Å²) in [5, 5.41) is 3.62. The van der Waals surface area contributed by atoms with E-state index in [0.717, 1.165) is 16.5 Å². The Morgan fingerprint density at radius 2 is 1.84 bits per heavy atom. The van der Waals surface area contributed by atoms with E-state index in [1.807, 2.05) is 37.4 Å². The summed E-state index contributed by atoms with van der Waals surface area (Å²) in [6, 6.07) is 15.7. The van der Waals surface area contributed by atoms with Gasteiger partial charge >= 0.3 is 5.97 Å². The maximum absolute atomic E-state index is 14.4. The van der Waals surface area contributed by atoms with Crippen LogP contribution in [-0.4, -0.2) is 41.3 Å². The van der Waals surface area contributed by atoms with E-state index in [4.69, 9.17) is 14.2 Å². The minimum absolute atomic E-state index is 0.0112. The normalized spacial score (nSPS) is 14.4. The van der Waals surface area contributed by atoms with Crippen LogP contribution in [0, 0.1) is 5.82 Å². The average molecular weight is 748 g/mol. The van der Waals surface area contributed by atoms with Crippen LogP contribution < -0.4 is 29.7 Å². The maximum Gasteiger partial charge on any atom is 0.338 e. The predicted octanol–water partition coefficient (Wildman–Crippen LogP) is 5.70. The van der Waals surface area contributed by atoms with Crippen LogP contribution in [0.4, 0.5) is 10.1 Å². The number of anilines is 1. The van der Waals surface area contributed by atoms with Crippen LogP contribution in [0.25, 0.3) is 17.0 Å². The highest BCUT2D eigenvalue weighted by atomic mass is 79.9. The van der Waals surface area contributed by atoms with Crippen molar-refractivity contribution in [3.8, 4) is 11.5 Å². The first-order valence-electron chi connectivity index (χ1n) is 15.5. The van der Waals surface area contributed by atoms with Gasteiger partial charge < -0.3 is 24.1 Å². The molecule has 6 rings (SSSR count). The van der Waals surface area contributed by atoms with Gasteiger partial charge in [-0.3, -0.25) is 14.2 Å². The van der Waals surface area contributed by atoms with E-state index in [1.54, 1.807) is 36.6 Å². The summed E-state index contributed by atoms with van der Waals surface area (Å²) in [6.07, 6.45) is 3.59. The van der Waals surface area contributed by atoms with E-state index in [1.165, 1.54) is 47.3 Å². The van der Waals surface area contributed by atoms with Gasteiger partial charge in [0.15, 0.2) is 16.3 Å². The molecule has 0 unspecified atom stereocenters. The number of halogens is 2. The number of nitrogens with zero attached hydrogens (tertiary/aromatic N) is 3. The number of benzene rings is 3. The Labute approximate surface area is 292 Å². The predicted molar refractivity (Wildman–Crippen MR) is 189 cm³/mol. The van der Waals surface area contributed by atoms with Crippen molar-refractivity contribution in [3.05, 3.63) is 119 Å². The number of thiazole rings is 1. The van der Waals surface area contributed by atoms with Crippen LogP contribution in [0.3, 0.4) is 0 Å². The molecule has 3 heterocycles. The van der Waals surface area contributed by atoms with Crippen molar-refractivity contribution >= 4 is 61.8 Å². The third-order valence-corrected chi connectivity index (χ3v) is 9.61. The number of esters is 1. The number of aromatic nitrogens is 2. The number of para-hydroxylation sites is 1. The highest BCUT2D eigenvalue weighted by molar-refractivity contribution is 9.10. The molecule has 49 heavy (non-hydrogen) atoms. The lowest BCUT2D eigenvalue weighted by Crippen LogP contribution is -2.40. The fraction of sp³-hybridized carbons (Fsp3) is 0.222. The Balaban J connectivity index is 1.47. The van der Waals surface area contributed by atoms with Gasteiger partial charge in [0.2, 0.25) is 5.91 Å². The molecule has 0 aliphatic carbocycles. The average Bonchev–Trinajstić information content (AvgIpc) is 3.57. The molecule has 3 aromatic carbocycles. The molecule has 5 aromatic rings. The van der Waals surface area contributed by atoms with Crippen molar-refractivity contribution in [1.82, 2.24) is 9.13 Å². The second-order valence-corrected chi connectivity index (χ2v) is 12.9. The first-order chi connectivity index (χ1) is 23.6. The molecule has 1 aliphatic rings. The summed E-state index contributed by atoms with van der Waals surface area (Å²) in [5.74, 6) is -0.318. The number of hydrogen-bond acceptors (Lipinski definition) is 8. The minimum Gasteiger partial charge on any atom is -0.493 e. The quantitative estimate of drug-likeness (QED) is 0.184. The van der Waals surface area contributed by atoms with Gasteiger partial charge in [-0.2, -0.15) is 0 Å². The second-order valence-electron chi connectivity index (χ2n) is 11.0. The summed E-state index contributed by atoms with van der Waals surface area (Å²) in [7, 11) is 1.53. The van der Waals surface area contributed by atoms with E-state index in [0.29, 0.717) is 48.9 Å². The highest BCUT2D eigenvalue weighted by Crippen LogP contribution is 2.41. The van der Waals surface area contributed by atoms with Gasteiger partial charge in [-0.25, -0.2) is 14.2 Å². The van der Waals surface area contributed by atoms with Gasteiger partial charge in [-0.05, 0) is 74.9 Å². The van der Waals surface area contributed by atoms with E-state index < -0.39 is 17.8 Å². The van der Waals surface area contributed by atoms with E-state index in [-0.39, 0.29) is 30.2 Å². The van der Waals surface area contributed by atoms with E-state index in [2.05, 4.69) is 26.2 Å². The third-order valence-electron chi connectivity index (χ3n) is 7.94. The summed E-state index contributed by atoms with van der Waals surface area (Å²) in [6.45, 7) is 5.86. The SMILES string of the molecule is CCOC(=O)C1=C(C)N=c2s/c(=C/c3cn(CC(=O)Nc4ccc(F)cc4)c4ccccc34)c(=O)n2[C@@H]1c1cc(OC)c(OCC)cc1Br. The zero-order valence-electron chi connectivity index (χ0n) is 27.1. The number of allylic oxidation sites excluding steroid dienone is 1. The Morgan fingerprint density at radius 1 is 1.08 bits per heavy atom. The van der Waals surface area contributed by atoms with Crippen molar-refractivity contribution in [2.45, 2.75) is 33.4 Å². The topological polar surface area (TPSA) is 113 Å². The molecule has 0 saturated heterocycles. The van der Waals surface area contributed by atoms with Crippen LogP contribution >= 0.6 is 27.3 Å². The third kappa shape index (κ3) is 6.68. The summed E-state index contributed by atoms with van der Waals surface area (Å²) >= 11 is 4.85. The fourth-order valence-electron chi connectivity index (χ4n) is 5.82. The molecule has 10 nitrogen and oxygen atoms in total. The Bertz CT molecular complexity index is 2310. The standard InChI is InChI=1S/C36H32BrFN4O6S/c1-5-47-29-17-26(37)25(16-28(29)46-4)33-32(35(45)48-6-2)20(3)39-36-42(33)34(44)30(49-36)15-21-18-41(27-10-8-7-9-24(21)27)19-31(43)40-23-13-11-22(38)12-14-23/h7-18,33H,5-6,19H2,1-4H3,(H,40,43)/b30-15+/t33-/m1/s1. The molecular weight excluding hydrogens is 715 g/mol. The molecule has 0 saturated carbocycles. The molecule has 252 valence electrons. The molecule has 13 heteroatoms. The number of ether oxygens (including phenoxy) is 3. The first-order valence-corrected chi connectivity index (χ1v) is 17.1. The highest BCUT2D eigenvalue weighted by Gasteiger charge is 2.35. The molecule has 1 aliphatic heterocycles. The number of carbonyl (C=O) groups excluding carboxylic acids is 2. The van der Waals surface area contributed by atoms with Crippen LogP contribution in [0.2, 0.25) is 0 Å². The lowest BCUT2D eigenvalue weighted by Gasteiger charge is -2.26. The van der Waals surface area contributed by atoms with Crippen molar-refractivity contribution in [2.75, 3.05) is 25.6 Å². The van der Waals surface area contributed by atoms with Crippen LogP contribution in [0.5, 0.6) is 11.5 Å². The monoisotopic (exact) mass is 746 g/mol. The lowest BCUT2D eigenvalue weighted by molar-refractivity contribution is -0.139. The van der Waals surface area contributed by atoms with Crippen molar-refractivity contribution in [1.29, 1.82) is 0 Å². The zero-order valence-corrected chi connectivity index (χ0v) is 29.5. The minimum atomic E-state index is -0.882. The number of fused-ring (bicyclic) bond motifs is 2. The molecule has 0 spiro atoms. The van der Waals surface area contributed by atoms with Crippen LogP contribution in [0.1, 0.15) is 37.9 Å². The van der Waals surface area contributed by atoms with E-state index in [9.17, 15) is 18.8 Å². The second kappa shape index (κ2) is 14.2. The summed E-state index contributed by atoms with van der Waals surface area (Å²) in [4.78, 5) is 45.9. The van der Waals surface area contributed by atoms with Gasteiger partial charge in [0.05, 0.1) is 42.2 Å².